The van der Waals surface area contributed by atoms with E-state index in [-0.39, 0.29) is 5.88 Å². The van der Waals surface area contributed by atoms with Gasteiger partial charge in [0.15, 0.2) is 0 Å². The molecule has 70 valence electrons. The third-order valence-electron chi connectivity index (χ3n) is 2.35. The van der Waals surface area contributed by atoms with Crippen LogP contribution in [0.4, 0.5) is 5.69 Å². The highest BCUT2D eigenvalue weighted by molar-refractivity contribution is 5.45. The molecular formula is C9H13N3O. The maximum absolute atomic E-state index is 9.14. The third kappa shape index (κ3) is 1.88. The quantitative estimate of drug-likeness (QED) is 0.703. The molecule has 4 nitrogen and oxygen atoms in total. The Labute approximate surface area is 77.2 Å². The molecule has 0 atom stereocenters. The summed E-state index contributed by atoms with van der Waals surface area (Å²) in [6.45, 7) is 2.12. The number of anilines is 1. The summed E-state index contributed by atoms with van der Waals surface area (Å²) in [5.74, 6) is 0.00285. The van der Waals surface area contributed by atoms with E-state index in [1.165, 1.54) is 19.3 Å². The van der Waals surface area contributed by atoms with Crippen molar-refractivity contribution in [2.75, 3.05) is 18.0 Å². The van der Waals surface area contributed by atoms with Crippen LogP contribution in [0.1, 0.15) is 19.3 Å². The summed E-state index contributed by atoms with van der Waals surface area (Å²) in [6.07, 6.45) is 5.46. The van der Waals surface area contributed by atoms with Crippen LogP contribution < -0.4 is 4.90 Å². The summed E-state index contributed by atoms with van der Waals surface area (Å²) >= 11 is 0. The lowest BCUT2D eigenvalue weighted by molar-refractivity contribution is 0.444. The summed E-state index contributed by atoms with van der Waals surface area (Å²) in [5, 5.41) is 16.4. The van der Waals surface area contributed by atoms with Crippen LogP contribution in [0.25, 0.3) is 0 Å². The van der Waals surface area contributed by atoms with Crippen molar-refractivity contribution >= 4 is 5.69 Å². The van der Waals surface area contributed by atoms with Crippen molar-refractivity contribution in [2.45, 2.75) is 19.3 Å². The summed E-state index contributed by atoms with van der Waals surface area (Å²) in [4.78, 5) is 2.23. The molecule has 1 aliphatic rings. The van der Waals surface area contributed by atoms with Crippen LogP contribution in [0.5, 0.6) is 5.88 Å². The molecule has 0 unspecified atom stereocenters. The van der Waals surface area contributed by atoms with Crippen LogP contribution in [0.15, 0.2) is 12.3 Å². The first-order valence-electron chi connectivity index (χ1n) is 4.63. The lowest BCUT2D eigenvalue weighted by Gasteiger charge is -2.28. The lowest BCUT2D eigenvalue weighted by Crippen LogP contribution is -2.29. The monoisotopic (exact) mass is 179 g/mol. The molecule has 0 radical (unpaired) electrons. The number of nitrogens with zero attached hydrogens (tertiary/aromatic N) is 3. The summed E-state index contributed by atoms with van der Waals surface area (Å²) in [6, 6.07) is 1.66. The normalized spacial score (nSPS) is 17.4. The molecule has 1 saturated heterocycles. The first kappa shape index (κ1) is 8.29. The summed E-state index contributed by atoms with van der Waals surface area (Å²) < 4.78 is 0. The maximum Gasteiger partial charge on any atom is 0.233 e. The third-order valence-corrected chi connectivity index (χ3v) is 2.35. The second kappa shape index (κ2) is 3.60. The molecule has 0 saturated carbocycles. The molecule has 4 heteroatoms. The Morgan fingerprint density at radius 1 is 1.23 bits per heavy atom. The van der Waals surface area contributed by atoms with Crippen LogP contribution in [0.2, 0.25) is 0 Å². The van der Waals surface area contributed by atoms with E-state index in [4.69, 9.17) is 5.11 Å². The molecule has 1 aromatic rings. The van der Waals surface area contributed by atoms with Crippen LogP contribution in [0.3, 0.4) is 0 Å². The number of piperidine rings is 1. The van der Waals surface area contributed by atoms with Crippen LogP contribution in [0, 0.1) is 0 Å². The molecule has 0 aliphatic carbocycles. The smallest absolute Gasteiger partial charge is 0.233 e. The van der Waals surface area contributed by atoms with Crippen LogP contribution >= 0.6 is 0 Å². The van der Waals surface area contributed by atoms with E-state index in [0.29, 0.717) is 0 Å². The Morgan fingerprint density at radius 3 is 2.69 bits per heavy atom. The van der Waals surface area contributed by atoms with Gasteiger partial charge in [0.2, 0.25) is 5.88 Å². The van der Waals surface area contributed by atoms with E-state index in [1.54, 1.807) is 12.3 Å². The molecular weight excluding hydrogens is 166 g/mol. The fraction of sp³-hybridized carbons (Fsp3) is 0.556. The SMILES string of the molecule is Oc1cc(N2CCCCC2)cnn1. The van der Waals surface area contributed by atoms with E-state index in [1.807, 2.05) is 0 Å². The molecule has 0 spiro atoms. The zero-order valence-corrected chi connectivity index (χ0v) is 7.48. The first-order chi connectivity index (χ1) is 6.36. The zero-order valence-electron chi connectivity index (χ0n) is 7.48. The Balaban J connectivity index is 2.14. The van der Waals surface area contributed by atoms with Gasteiger partial charge in [-0.05, 0) is 19.3 Å². The highest BCUT2D eigenvalue weighted by atomic mass is 16.3. The van der Waals surface area contributed by atoms with Crippen molar-refractivity contribution < 1.29 is 5.11 Å². The standard InChI is InChI=1S/C9H13N3O/c13-9-6-8(7-10-11-9)12-4-2-1-3-5-12/h6-7H,1-5H2,(H,11,13). The van der Waals surface area contributed by atoms with Crippen molar-refractivity contribution in [1.82, 2.24) is 10.2 Å². The molecule has 1 aliphatic heterocycles. The molecule has 2 heterocycles. The Hall–Kier alpha value is -1.32. The lowest BCUT2D eigenvalue weighted by atomic mass is 10.1. The Kier molecular flexibility index (Phi) is 2.29. The zero-order chi connectivity index (χ0) is 9.10. The highest BCUT2D eigenvalue weighted by Gasteiger charge is 2.11. The number of aromatic hydroxyl groups is 1. The fourth-order valence-corrected chi connectivity index (χ4v) is 1.67. The van der Waals surface area contributed by atoms with Crippen molar-refractivity contribution in [3.8, 4) is 5.88 Å². The van der Waals surface area contributed by atoms with Crippen molar-refractivity contribution in [2.24, 2.45) is 0 Å². The van der Waals surface area contributed by atoms with Gasteiger partial charge in [-0.1, -0.05) is 0 Å². The van der Waals surface area contributed by atoms with Crippen LogP contribution in [-0.2, 0) is 0 Å². The average molecular weight is 179 g/mol. The fourth-order valence-electron chi connectivity index (χ4n) is 1.67. The average Bonchev–Trinajstić information content (AvgIpc) is 2.19. The highest BCUT2D eigenvalue weighted by Crippen LogP contribution is 2.20. The van der Waals surface area contributed by atoms with Gasteiger partial charge in [0.25, 0.3) is 0 Å². The first-order valence-corrected chi connectivity index (χ1v) is 4.63. The van der Waals surface area contributed by atoms with Crippen LogP contribution in [-0.4, -0.2) is 28.4 Å². The predicted octanol–water partition coefficient (Wildman–Crippen LogP) is 1.17. The van der Waals surface area contributed by atoms with E-state index < -0.39 is 0 Å². The van der Waals surface area contributed by atoms with Crippen molar-refractivity contribution in [3.63, 3.8) is 0 Å². The van der Waals surface area contributed by atoms with Crippen molar-refractivity contribution in [1.29, 1.82) is 0 Å². The number of hydrogen-bond acceptors (Lipinski definition) is 4. The van der Waals surface area contributed by atoms with E-state index in [9.17, 15) is 0 Å². The van der Waals surface area contributed by atoms with Gasteiger partial charge >= 0.3 is 0 Å². The minimum atomic E-state index is 0.00285. The second-order valence-electron chi connectivity index (χ2n) is 3.32. The summed E-state index contributed by atoms with van der Waals surface area (Å²) in [5.41, 5.74) is 0.979. The van der Waals surface area contributed by atoms with Gasteiger partial charge in [-0.25, -0.2) is 0 Å². The Morgan fingerprint density at radius 2 is 2.00 bits per heavy atom. The number of aromatic nitrogens is 2. The second-order valence-corrected chi connectivity index (χ2v) is 3.32. The molecule has 1 N–H and O–H groups in total. The molecule has 1 fully saturated rings. The van der Waals surface area contributed by atoms with Crippen molar-refractivity contribution in [3.05, 3.63) is 12.3 Å². The van der Waals surface area contributed by atoms with E-state index >= 15 is 0 Å². The van der Waals surface area contributed by atoms with Gasteiger partial charge in [-0.3, -0.25) is 0 Å². The number of rotatable bonds is 1. The minimum absolute atomic E-state index is 0.00285. The van der Waals surface area contributed by atoms with Gasteiger partial charge in [0.1, 0.15) is 0 Å². The number of hydrogen-bond donors (Lipinski definition) is 1. The molecule has 0 aromatic carbocycles. The maximum atomic E-state index is 9.14. The topological polar surface area (TPSA) is 49.2 Å². The molecule has 0 bridgehead atoms. The van der Waals surface area contributed by atoms with Gasteiger partial charge in [-0.15, -0.1) is 5.10 Å². The molecule has 1 aromatic heterocycles. The molecule has 0 amide bonds. The predicted molar refractivity (Wildman–Crippen MR) is 49.8 cm³/mol. The Bertz CT molecular complexity index is 284. The van der Waals surface area contributed by atoms with Gasteiger partial charge in [0.05, 0.1) is 11.9 Å². The van der Waals surface area contributed by atoms with Gasteiger partial charge in [0, 0.05) is 19.2 Å². The molecule has 2 rings (SSSR count). The van der Waals surface area contributed by atoms with Gasteiger partial charge in [-0.2, -0.15) is 5.10 Å². The van der Waals surface area contributed by atoms with E-state index in [2.05, 4.69) is 15.1 Å². The molecule has 13 heavy (non-hydrogen) atoms. The summed E-state index contributed by atoms with van der Waals surface area (Å²) in [7, 11) is 0. The van der Waals surface area contributed by atoms with E-state index in [0.717, 1.165) is 18.8 Å². The minimum Gasteiger partial charge on any atom is -0.492 e. The largest absolute Gasteiger partial charge is 0.492 e. The van der Waals surface area contributed by atoms with Gasteiger partial charge < -0.3 is 10.0 Å².